The molecule has 1 N–H and O–H groups in total. The lowest BCUT2D eigenvalue weighted by Gasteiger charge is -2.30. The van der Waals surface area contributed by atoms with Crippen molar-refractivity contribution < 1.29 is 14.6 Å². The van der Waals surface area contributed by atoms with Crippen LogP contribution in [-0.2, 0) is 4.79 Å². The summed E-state index contributed by atoms with van der Waals surface area (Å²) >= 11 is 5.76. The fraction of sp³-hybridized carbons (Fsp3) is 0.600. The lowest BCUT2D eigenvalue weighted by molar-refractivity contribution is -0.141. The number of carboxylic acids is 1. The van der Waals surface area contributed by atoms with Gasteiger partial charge in [-0.05, 0) is 24.4 Å². The van der Waals surface area contributed by atoms with Crippen LogP contribution < -0.4 is 9.64 Å². The highest BCUT2D eigenvalue weighted by Gasteiger charge is 2.27. The molecule has 1 unspecified atom stereocenters. The first-order valence-electron chi connectivity index (χ1n) is 5.53. The standard InChI is InChI=1S/C10H13ClN4O3/c1-18-10-13-8(11)12-9(14-10)15-4-2-3-6(5-15)7(16)17/h6H,2-5H2,1H3,(H,16,17). The van der Waals surface area contributed by atoms with Crippen molar-refractivity contribution in [2.45, 2.75) is 12.8 Å². The number of aliphatic carboxylic acids is 1. The summed E-state index contributed by atoms with van der Waals surface area (Å²) in [6.45, 7) is 1.08. The van der Waals surface area contributed by atoms with Crippen LogP contribution in [0.25, 0.3) is 0 Å². The molecule has 0 bridgehead atoms. The van der Waals surface area contributed by atoms with E-state index >= 15 is 0 Å². The van der Waals surface area contributed by atoms with E-state index in [0.717, 1.165) is 6.42 Å². The zero-order valence-electron chi connectivity index (χ0n) is 9.84. The van der Waals surface area contributed by atoms with Crippen molar-refractivity contribution in [1.29, 1.82) is 0 Å². The second-order valence-corrected chi connectivity index (χ2v) is 4.35. The second-order valence-electron chi connectivity index (χ2n) is 4.01. The third-order valence-electron chi connectivity index (χ3n) is 2.81. The van der Waals surface area contributed by atoms with Crippen molar-refractivity contribution in [3.05, 3.63) is 5.28 Å². The van der Waals surface area contributed by atoms with Crippen LogP contribution in [0.3, 0.4) is 0 Å². The quantitative estimate of drug-likeness (QED) is 0.872. The van der Waals surface area contributed by atoms with Crippen LogP contribution in [0.4, 0.5) is 5.95 Å². The Labute approximate surface area is 109 Å². The first-order valence-corrected chi connectivity index (χ1v) is 5.91. The number of piperidine rings is 1. The third-order valence-corrected chi connectivity index (χ3v) is 2.98. The minimum atomic E-state index is -0.799. The maximum absolute atomic E-state index is 11.0. The van der Waals surface area contributed by atoms with Gasteiger partial charge in [0.25, 0.3) is 0 Å². The molecular formula is C10H13ClN4O3. The third kappa shape index (κ3) is 2.79. The normalized spacial score (nSPS) is 19.7. The maximum Gasteiger partial charge on any atom is 0.322 e. The molecule has 0 aromatic carbocycles. The number of aromatic nitrogens is 3. The highest BCUT2D eigenvalue weighted by Crippen LogP contribution is 2.22. The summed E-state index contributed by atoms with van der Waals surface area (Å²) in [7, 11) is 1.44. The molecule has 0 spiro atoms. The molecule has 7 nitrogen and oxygen atoms in total. The van der Waals surface area contributed by atoms with Crippen molar-refractivity contribution >= 4 is 23.5 Å². The molecule has 1 aromatic heterocycles. The molecule has 2 rings (SSSR count). The predicted octanol–water partition coefficient (Wildman–Crippen LogP) is 0.835. The lowest BCUT2D eigenvalue weighted by Crippen LogP contribution is -2.39. The van der Waals surface area contributed by atoms with Crippen LogP contribution in [0, 0.1) is 5.92 Å². The number of rotatable bonds is 3. The molecule has 18 heavy (non-hydrogen) atoms. The van der Waals surface area contributed by atoms with Crippen molar-refractivity contribution in [3.8, 4) is 6.01 Å². The van der Waals surface area contributed by atoms with Gasteiger partial charge in [0.1, 0.15) is 0 Å². The van der Waals surface area contributed by atoms with E-state index < -0.39 is 11.9 Å². The number of carboxylic acid groups (broad SMARTS) is 1. The molecule has 1 aliphatic heterocycles. The minimum absolute atomic E-state index is 0.0364. The number of ether oxygens (including phenoxy) is 1. The number of anilines is 1. The first-order chi connectivity index (χ1) is 8.60. The number of halogens is 1. The molecule has 0 saturated carbocycles. The smallest absolute Gasteiger partial charge is 0.322 e. The molecule has 1 aromatic rings. The summed E-state index contributed by atoms with van der Waals surface area (Å²) in [5, 5.41) is 9.06. The van der Waals surface area contributed by atoms with Crippen LogP contribution in [-0.4, -0.2) is 46.2 Å². The highest BCUT2D eigenvalue weighted by atomic mass is 35.5. The van der Waals surface area contributed by atoms with Gasteiger partial charge in [-0.25, -0.2) is 0 Å². The van der Waals surface area contributed by atoms with Crippen molar-refractivity contribution in [2.24, 2.45) is 5.92 Å². The van der Waals surface area contributed by atoms with Crippen LogP contribution in [0.1, 0.15) is 12.8 Å². The van der Waals surface area contributed by atoms with Gasteiger partial charge >= 0.3 is 12.0 Å². The Bertz CT molecular complexity index is 457. The van der Waals surface area contributed by atoms with Gasteiger partial charge < -0.3 is 14.7 Å². The van der Waals surface area contributed by atoms with Gasteiger partial charge in [0.05, 0.1) is 13.0 Å². The topological polar surface area (TPSA) is 88.4 Å². The predicted molar refractivity (Wildman–Crippen MR) is 64.0 cm³/mol. The Morgan fingerprint density at radius 1 is 1.50 bits per heavy atom. The molecule has 98 valence electrons. The molecule has 1 saturated heterocycles. The molecule has 1 atom stereocenters. The molecule has 0 aliphatic carbocycles. The summed E-state index contributed by atoms with van der Waals surface area (Å²) in [6, 6.07) is 0.127. The lowest BCUT2D eigenvalue weighted by atomic mass is 9.99. The average Bonchev–Trinajstić information content (AvgIpc) is 2.38. The first kappa shape index (κ1) is 12.8. The van der Waals surface area contributed by atoms with Crippen LogP contribution in [0.5, 0.6) is 6.01 Å². The van der Waals surface area contributed by atoms with Crippen LogP contribution in [0.2, 0.25) is 5.28 Å². The zero-order valence-corrected chi connectivity index (χ0v) is 10.6. The van der Waals surface area contributed by atoms with Gasteiger partial charge in [-0.1, -0.05) is 0 Å². The SMILES string of the molecule is COc1nc(Cl)nc(N2CCCC(C(=O)O)C2)n1. The fourth-order valence-corrected chi connectivity index (χ4v) is 2.06. The number of carbonyl (C=O) groups is 1. The van der Waals surface area contributed by atoms with Gasteiger partial charge in [0.15, 0.2) is 0 Å². The number of methoxy groups -OCH3 is 1. The largest absolute Gasteiger partial charge is 0.481 e. The summed E-state index contributed by atoms with van der Waals surface area (Å²) < 4.78 is 4.91. The van der Waals surface area contributed by atoms with Crippen molar-refractivity contribution in [1.82, 2.24) is 15.0 Å². The summed E-state index contributed by atoms with van der Waals surface area (Å²) in [5.41, 5.74) is 0. The van der Waals surface area contributed by atoms with Gasteiger partial charge in [-0.2, -0.15) is 15.0 Å². The van der Waals surface area contributed by atoms with Crippen LogP contribution in [0.15, 0.2) is 0 Å². The summed E-state index contributed by atoms with van der Waals surface area (Å²) in [5.74, 6) is -0.843. The van der Waals surface area contributed by atoms with Crippen molar-refractivity contribution in [3.63, 3.8) is 0 Å². The van der Waals surface area contributed by atoms with Gasteiger partial charge in [0.2, 0.25) is 11.2 Å². The van der Waals surface area contributed by atoms with E-state index in [0.29, 0.717) is 25.5 Å². The van der Waals surface area contributed by atoms with E-state index in [9.17, 15) is 4.79 Å². The molecular weight excluding hydrogens is 260 g/mol. The van der Waals surface area contributed by atoms with Gasteiger partial charge in [-0.3, -0.25) is 4.79 Å². The Hall–Kier alpha value is -1.63. The Balaban J connectivity index is 2.20. The van der Waals surface area contributed by atoms with E-state index in [4.69, 9.17) is 21.4 Å². The van der Waals surface area contributed by atoms with E-state index in [1.54, 1.807) is 4.90 Å². The van der Waals surface area contributed by atoms with Gasteiger partial charge in [0, 0.05) is 13.1 Å². The summed E-state index contributed by atoms with van der Waals surface area (Å²) in [6.07, 6.45) is 1.45. The second kappa shape index (κ2) is 5.34. The summed E-state index contributed by atoms with van der Waals surface area (Å²) in [4.78, 5) is 24.6. The van der Waals surface area contributed by atoms with E-state index in [-0.39, 0.29) is 11.3 Å². The molecule has 8 heteroatoms. The molecule has 1 fully saturated rings. The Kier molecular flexibility index (Phi) is 3.81. The highest BCUT2D eigenvalue weighted by molar-refractivity contribution is 6.28. The van der Waals surface area contributed by atoms with E-state index in [2.05, 4.69) is 15.0 Å². The minimum Gasteiger partial charge on any atom is -0.481 e. The fourth-order valence-electron chi connectivity index (χ4n) is 1.92. The van der Waals surface area contributed by atoms with Gasteiger partial charge in [-0.15, -0.1) is 0 Å². The Morgan fingerprint density at radius 3 is 2.94 bits per heavy atom. The number of nitrogens with zero attached hydrogens (tertiary/aromatic N) is 4. The molecule has 0 amide bonds. The van der Waals surface area contributed by atoms with E-state index in [1.807, 2.05) is 0 Å². The van der Waals surface area contributed by atoms with Crippen molar-refractivity contribution in [2.75, 3.05) is 25.1 Å². The Morgan fingerprint density at radius 2 is 2.28 bits per heavy atom. The monoisotopic (exact) mass is 272 g/mol. The molecule has 1 aliphatic rings. The maximum atomic E-state index is 11.0. The van der Waals surface area contributed by atoms with E-state index in [1.165, 1.54) is 7.11 Å². The zero-order chi connectivity index (χ0) is 13.1. The number of hydrogen-bond donors (Lipinski definition) is 1. The number of hydrogen-bond acceptors (Lipinski definition) is 6. The molecule has 2 heterocycles. The average molecular weight is 273 g/mol. The van der Waals surface area contributed by atoms with Crippen LogP contribution >= 0.6 is 11.6 Å². The molecule has 0 radical (unpaired) electrons.